The van der Waals surface area contributed by atoms with Crippen LogP contribution >= 0.6 is 0 Å². The topological polar surface area (TPSA) is 52.1 Å². The summed E-state index contributed by atoms with van der Waals surface area (Å²) in [6.45, 7) is 13.6. The Morgan fingerprint density at radius 3 is 1.79 bits per heavy atom. The molecule has 0 radical (unpaired) electrons. The van der Waals surface area contributed by atoms with E-state index in [1.54, 1.807) is 14.2 Å². The van der Waals surface area contributed by atoms with E-state index in [1.807, 2.05) is 35.1 Å². The van der Waals surface area contributed by atoms with Crippen LogP contribution in [-0.4, -0.2) is 29.0 Å². The molecule has 0 bridgehead atoms. The highest BCUT2D eigenvalue weighted by Gasteiger charge is 2.20. The van der Waals surface area contributed by atoms with Crippen LogP contribution in [0.3, 0.4) is 0 Å². The molecule has 4 aromatic carbocycles. The van der Waals surface area contributed by atoms with Crippen molar-refractivity contribution in [2.24, 2.45) is 0 Å². The van der Waals surface area contributed by atoms with Gasteiger partial charge in [-0.15, -0.1) is 0 Å². The van der Waals surface area contributed by atoms with Crippen LogP contribution < -0.4 is 9.47 Å². The number of nitrogens with one attached hydrogen (secondary N) is 1. The van der Waals surface area contributed by atoms with Gasteiger partial charge < -0.3 is 14.5 Å². The summed E-state index contributed by atoms with van der Waals surface area (Å²) in [5.41, 5.74) is 7.78. The molecule has 0 fully saturated rings. The minimum atomic E-state index is 0.0472. The van der Waals surface area contributed by atoms with Gasteiger partial charge in [0.2, 0.25) is 0 Å². The van der Waals surface area contributed by atoms with Crippen LogP contribution in [0.2, 0.25) is 0 Å². The van der Waals surface area contributed by atoms with Crippen LogP contribution in [0, 0.1) is 0 Å². The predicted molar refractivity (Wildman–Crippen MR) is 174 cm³/mol. The Bertz CT molecular complexity index is 1860. The first-order valence-electron chi connectivity index (χ1n) is 14.5. The number of aromatic nitrogens is 3. The van der Waals surface area contributed by atoms with E-state index in [4.69, 9.17) is 14.6 Å². The predicted octanol–water partition coefficient (Wildman–Crippen LogP) is 9.45. The third-order valence-electron chi connectivity index (χ3n) is 8.14. The second kappa shape index (κ2) is 10.1. The number of methoxy groups -OCH3 is 2. The highest BCUT2D eigenvalue weighted by molar-refractivity contribution is 6.12. The number of H-pyrrole nitrogens is 1. The molecule has 0 aliphatic heterocycles. The Labute approximate surface area is 248 Å². The molecule has 2 aromatic heterocycles. The molecule has 0 saturated heterocycles. The normalized spacial score (nSPS) is 12.3. The van der Waals surface area contributed by atoms with Crippen molar-refractivity contribution in [1.82, 2.24) is 14.8 Å². The number of nitrogens with zero attached hydrogens (tertiary/aromatic N) is 2. The molecule has 0 aliphatic carbocycles. The summed E-state index contributed by atoms with van der Waals surface area (Å²) < 4.78 is 12.8. The van der Waals surface area contributed by atoms with Crippen molar-refractivity contribution >= 4 is 21.5 Å². The fraction of sp³-hybridized carbons (Fsp3) is 0.270. The monoisotopic (exact) mass is 557 g/mol. The van der Waals surface area contributed by atoms with Crippen LogP contribution in [0.15, 0.2) is 85.1 Å². The number of aromatic amines is 1. The van der Waals surface area contributed by atoms with Crippen LogP contribution in [0.1, 0.15) is 52.7 Å². The molecule has 5 nitrogen and oxygen atoms in total. The number of hydrogen-bond acceptors (Lipinski definition) is 3. The molecule has 42 heavy (non-hydrogen) atoms. The Hall–Kier alpha value is -4.51. The molecule has 6 rings (SSSR count). The van der Waals surface area contributed by atoms with Crippen molar-refractivity contribution < 1.29 is 9.47 Å². The van der Waals surface area contributed by atoms with Gasteiger partial charge in [0.15, 0.2) is 11.5 Å². The summed E-state index contributed by atoms with van der Waals surface area (Å²) in [6, 6.07) is 28.3. The summed E-state index contributed by atoms with van der Waals surface area (Å²) in [5.74, 6) is 1.36. The van der Waals surface area contributed by atoms with Gasteiger partial charge in [-0.3, -0.25) is 0 Å². The molecule has 2 heterocycles. The minimum absolute atomic E-state index is 0.0472. The van der Waals surface area contributed by atoms with E-state index in [1.165, 1.54) is 38.2 Å². The zero-order chi connectivity index (χ0) is 29.8. The lowest BCUT2D eigenvalue weighted by atomic mass is 9.82. The lowest BCUT2D eigenvalue weighted by Crippen LogP contribution is -2.11. The minimum Gasteiger partial charge on any atom is -0.493 e. The Morgan fingerprint density at radius 2 is 1.21 bits per heavy atom. The number of fused-ring (bicyclic) bond motifs is 2. The van der Waals surface area contributed by atoms with Crippen molar-refractivity contribution in [2.45, 2.75) is 52.4 Å². The van der Waals surface area contributed by atoms with E-state index < -0.39 is 0 Å². The summed E-state index contributed by atoms with van der Waals surface area (Å²) in [4.78, 5) is 3.73. The molecule has 0 atom stereocenters. The summed E-state index contributed by atoms with van der Waals surface area (Å²) in [7, 11) is 3.28. The van der Waals surface area contributed by atoms with Crippen LogP contribution in [0.5, 0.6) is 11.5 Å². The van der Waals surface area contributed by atoms with E-state index in [0.717, 1.165) is 22.8 Å². The van der Waals surface area contributed by atoms with Gasteiger partial charge in [-0.25, -0.2) is 4.68 Å². The van der Waals surface area contributed by atoms with E-state index in [2.05, 4.69) is 101 Å². The maximum atomic E-state index is 5.50. The zero-order valence-electron chi connectivity index (χ0n) is 25.8. The molecule has 0 amide bonds. The number of hydrogen-bond donors (Lipinski definition) is 1. The van der Waals surface area contributed by atoms with Gasteiger partial charge in [-0.2, -0.15) is 5.10 Å². The summed E-state index contributed by atoms with van der Waals surface area (Å²) in [6.07, 6.45) is 1.97. The zero-order valence-corrected chi connectivity index (χ0v) is 25.8. The first-order chi connectivity index (χ1) is 20.0. The van der Waals surface area contributed by atoms with Gasteiger partial charge in [0.05, 0.1) is 25.6 Å². The van der Waals surface area contributed by atoms with Gasteiger partial charge in [0.25, 0.3) is 0 Å². The summed E-state index contributed by atoms with van der Waals surface area (Å²) >= 11 is 0. The van der Waals surface area contributed by atoms with E-state index in [0.29, 0.717) is 11.5 Å². The van der Waals surface area contributed by atoms with Crippen LogP contribution in [-0.2, 0) is 10.8 Å². The second-order valence-corrected chi connectivity index (χ2v) is 13.1. The second-order valence-electron chi connectivity index (χ2n) is 13.1. The van der Waals surface area contributed by atoms with Crippen LogP contribution in [0.4, 0.5) is 0 Å². The molecule has 0 unspecified atom stereocenters. The van der Waals surface area contributed by atoms with Gasteiger partial charge in [-0.1, -0.05) is 65.8 Å². The van der Waals surface area contributed by atoms with E-state index in [9.17, 15) is 0 Å². The molecular formula is C37H39N3O2. The maximum absolute atomic E-state index is 5.50. The first kappa shape index (κ1) is 27.6. The smallest absolute Gasteiger partial charge is 0.162 e. The highest BCUT2D eigenvalue weighted by atomic mass is 16.5. The molecule has 1 N–H and O–H groups in total. The van der Waals surface area contributed by atoms with E-state index in [-0.39, 0.29) is 10.8 Å². The molecular weight excluding hydrogens is 518 g/mol. The number of benzene rings is 4. The number of rotatable bonds is 5. The Kier molecular flexibility index (Phi) is 6.64. The van der Waals surface area contributed by atoms with Gasteiger partial charge >= 0.3 is 0 Å². The van der Waals surface area contributed by atoms with Crippen molar-refractivity contribution in [3.8, 4) is 39.8 Å². The lowest BCUT2D eigenvalue weighted by molar-refractivity contribution is 0.355. The van der Waals surface area contributed by atoms with Crippen molar-refractivity contribution in [2.75, 3.05) is 14.2 Å². The van der Waals surface area contributed by atoms with E-state index >= 15 is 0 Å². The largest absolute Gasteiger partial charge is 0.493 e. The lowest BCUT2D eigenvalue weighted by Gasteiger charge is -2.22. The van der Waals surface area contributed by atoms with Crippen molar-refractivity contribution in [3.63, 3.8) is 0 Å². The summed E-state index contributed by atoms with van der Waals surface area (Å²) in [5, 5.41) is 9.88. The fourth-order valence-electron chi connectivity index (χ4n) is 5.60. The van der Waals surface area contributed by atoms with Gasteiger partial charge in [0, 0.05) is 23.5 Å². The molecule has 214 valence electrons. The van der Waals surface area contributed by atoms with Crippen molar-refractivity contribution in [3.05, 3.63) is 96.2 Å². The average molecular weight is 558 g/mol. The Morgan fingerprint density at radius 1 is 0.619 bits per heavy atom. The first-order valence-corrected chi connectivity index (χ1v) is 14.5. The van der Waals surface area contributed by atoms with Crippen molar-refractivity contribution in [1.29, 1.82) is 0 Å². The Balaban J connectivity index is 1.50. The molecule has 0 spiro atoms. The van der Waals surface area contributed by atoms with Gasteiger partial charge in [0.1, 0.15) is 5.69 Å². The molecule has 6 aromatic rings. The standard InChI is InChI=1S/C37H39N3O2/c1-36(2,3)25-11-9-23-19-24-10-12-26(37(4,5)6)21-29(24)35(28(23)20-25)32-15-14-30(38-32)31-17-18-40(39-31)27-13-16-33(41-7)34(22-27)42-8/h9-22,38H,1-8H3. The third kappa shape index (κ3) is 4.94. The molecule has 0 aliphatic rings. The SMILES string of the molecule is COc1ccc(-n2ccc(-c3ccc(-c4c5cc(C(C)(C)C)ccc5cc5ccc(C(C)(C)C)cc45)[nH]3)n2)cc1OC. The molecule has 0 saturated carbocycles. The average Bonchev–Trinajstić information content (AvgIpc) is 3.64. The quantitative estimate of drug-likeness (QED) is 0.215. The van der Waals surface area contributed by atoms with Gasteiger partial charge in [-0.05, 0) is 92.0 Å². The molecule has 5 heteroatoms. The van der Waals surface area contributed by atoms with Crippen LogP contribution in [0.25, 0.3) is 49.9 Å². The highest BCUT2D eigenvalue weighted by Crippen LogP contribution is 2.40. The third-order valence-corrected chi connectivity index (χ3v) is 8.14. The number of ether oxygens (including phenoxy) is 2. The fourth-order valence-corrected chi connectivity index (χ4v) is 5.60. The maximum Gasteiger partial charge on any atom is 0.162 e.